The van der Waals surface area contributed by atoms with Crippen LogP contribution in [0.5, 0.6) is 11.5 Å². The number of carbonyl (C=O) groups is 2. The van der Waals surface area contributed by atoms with E-state index in [1.807, 2.05) is 30.3 Å². The molecule has 0 spiro atoms. The van der Waals surface area contributed by atoms with Gasteiger partial charge in [-0.2, -0.15) is 0 Å². The molecule has 3 aromatic carbocycles. The second-order valence-corrected chi connectivity index (χ2v) is 6.75. The average molecular weight is 416 g/mol. The molecule has 0 aliphatic carbocycles. The normalized spacial score (nSPS) is 10.6. The van der Waals surface area contributed by atoms with Crippen LogP contribution in [0.3, 0.4) is 0 Å². The second-order valence-electron chi connectivity index (χ2n) is 6.75. The lowest BCUT2D eigenvalue weighted by atomic mass is 10.1. The summed E-state index contributed by atoms with van der Waals surface area (Å²) in [5.74, 6) is 0.719. The van der Waals surface area contributed by atoms with Crippen LogP contribution in [0.15, 0.2) is 66.7 Å². The summed E-state index contributed by atoms with van der Waals surface area (Å²) in [4.78, 5) is 32.7. The van der Waals surface area contributed by atoms with Crippen molar-refractivity contribution in [1.29, 1.82) is 0 Å². The van der Waals surface area contributed by atoms with Gasteiger partial charge in [0.2, 0.25) is 0 Å². The van der Waals surface area contributed by atoms with E-state index in [4.69, 9.17) is 14.2 Å². The fourth-order valence-electron chi connectivity index (χ4n) is 3.18. The molecule has 1 N–H and O–H groups in total. The van der Waals surface area contributed by atoms with Gasteiger partial charge in [0.25, 0.3) is 0 Å². The molecule has 0 saturated carbocycles. The average Bonchev–Trinajstić information content (AvgIpc) is 3.26. The first kappa shape index (κ1) is 20.2. The molecular weight excluding hydrogens is 396 g/mol. The Kier molecular flexibility index (Phi) is 5.66. The van der Waals surface area contributed by atoms with Crippen molar-refractivity contribution in [3.05, 3.63) is 77.9 Å². The maximum atomic E-state index is 12.5. The van der Waals surface area contributed by atoms with Crippen LogP contribution in [0.4, 0.5) is 0 Å². The number of Topliss-reactive ketones (excluding diaryl/α,β-unsaturated/α-hetero) is 1. The van der Waals surface area contributed by atoms with Gasteiger partial charge in [-0.15, -0.1) is 0 Å². The van der Waals surface area contributed by atoms with Crippen molar-refractivity contribution in [2.75, 3.05) is 20.8 Å². The highest BCUT2D eigenvalue weighted by atomic mass is 16.5. The van der Waals surface area contributed by atoms with E-state index in [0.29, 0.717) is 34.0 Å². The van der Waals surface area contributed by atoms with Crippen LogP contribution in [0, 0.1) is 0 Å². The summed E-state index contributed by atoms with van der Waals surface area (Å²) in [5, 5.41) is 0. The standard InChI is InChI=1S/C24H20N2O5/c1-29-21-11-9-16(13-22(21)30-2)20(27)14-31-24(28)17-8-10-18-19(12-17)26-23(25-18)15-6-4-3-5-7-15/h3-13H,14H2,1-2H3,(H,25,26). The van der Waals surface area contributed by atoms with Crippen LogP contribution >= 0.6 is 0 Å². The van der Waals surface area contributed by atoms with Gasteiger partial charge in [0.15, 0.2) is 23.9 Å². The molecule has 1 heterocycles. The van der Waals surface area contributed by atoms with Crippen molar-refractivity contribution in [3.8, 4) is 22.9 Å². The number of esters is 1. The molecule has 0 fully saturated rings. The van der Waals surface area contributed by atoms with E-state index >= 15 is 0 Å². The van der Waals surface area contributed by atoms with Gasteiger partial charge in [0.05, 0.1) is 30.8 Å². The summed E-state index contributed by atoms with van der Waals surface area (Å²) in [7, 11) is 3.00. The Labute approximate surface area is 178 Å². The number of hydrogen-bond donors (Lipinski definition) is 1. The Hall–Kier alpha value is -4.13. The molecule has 0 aliphatic heterocycles. The van der Waals surface area contributed by atoms with Crippen molar-refractivity contribution < 1.29 is 23.8 Å². The van der Waals surface area contributed by atoms with E-state index in [0.717, 1.165) is 11.1 Å². The van der Waals surface area contributed by atoms with Gasteiger partial charge in [-0.1, -0.05) is 30.3 Å². The molecule has 7 heteroatoms. The highest BCUT2D eigenvalue weighted by molar-refractivity contribution is 6.00. The van der Waals surface area contributed by atoms with Crippen molar-refractivity contribution in [2.45, 2.75) is 0 Å². The molecule has 0 unspecified atom stereocenters. The Morgan fingerprint density at radius 3 is 2.35 bits per heavy atom. The van der Waals surface area contributed by atoms with E-state index in [2.05, 4.69) is 9.97 Å². The summed E-state index contributed by atoms with van der Waals surface area (Å²) in [6, 6.07) is 19.5. The Balaban J connectivity index is 1.46. The van der Waals surface area contributed by atoms with Crippen LogP contribution in [-0.4, -0.2) is 42.5 Å². The number of rotatable bonds is 7. The topological polar surface area (TPSA) is 90.5 Å². The molecule has 156 valence electrons. The minimum absolute atomic E-state index is 0.330. The number of ether oxygens (including phenoxy) is 3. The zero-order chi connectivity index (χ0) is 21.8. The second kappa shape index (κ2) is 8.71. The largest absolute Gasteiger partial charge is 0.493 e. The number of ketones is 1. The quantitative estimate of drug-likeness (QED) is 0.357. The fraction of sp³-hybridized carbons (Fsp3) is 0.125. The zero-order valence-electron chi connectivity index (χ0n) is 17.0. The molecule has 31 heavy (non-hydrogen) atoms. The summed E-state index contributed by atoms with van der Waals surface area (Å²) in [6.07, 6.45) is 0. The third-order valence-electron chi connectivity index (χ3n) is 4.80. The third-order valence-corrected chi connectivity index (χ3v) is 4.80. The SMILES string of the molecule is COc1ccc(C(=O)COC(=O)c2ccc3nc(-c4ccccc4)[nH]c3c2)cc1OC. The van der Waals surface area contributed by atoms with E-state index in [1.165, 1.54) is 14.2 Å². The maximum absolute atomic E-state index is 12.5. The van der Waals surface area contributed by atoms with Gasteiger partial charge < -0.3 is 19.2 Å². The van der Waals surface area contributed by atoms with Gasteiger partial charge in [-0.05, 0) is 36.4 Å². The van der Waals surface area contributed by atoms with Crippen molar-refractivity contribution in [3.63, 3.8) is 0 Å². The fourth-order valence-corrected chi connectivity index (χ4v) is 3.18. The lowest BCUT2D eigenvalue weighted by Crippen LogP contribution is -2.14. The molecule has 4 rings (SSSR count). The number of hydrogen-bond acceptors (Lipinski definition) is 6. The lowest BCUT2D eigenvalue weighted by molar-refractivity contribution is 0.0475. The van der Waals surface area contributed by atoms with Gasteiger partial charge >= 0.3 is 5.97 Å². The number of H-pyrrole nitrogens is 1. The molecular formula is C24H20N2O5. The summed E-state index contributed by atoms with van der Waals surface area (Å²) in [6.45, 7) is -0.384. The predicted molar refractivity (Wildman–Crippen MR) is 116 cm³/mol. The highest BCUT2D eigenvalue weighted by Crippen LogP contribution is 2.28. The van der Waals surface area contributed by atoms with Gasteiger partial charge in [-0.3, -0.25) is 4.79 Å². The summed E-state index contributed by atoms with van der Waals surface area (Å²) < 4.78 is 15.6. The number of aromatic amines is 1. The zero-order valence-corrected chi connectivity index (χ0v) is 17.0. The van der Waals surface area contributed by atoms with E-state index in [9.17, 15) is 9.59 Å². The molecule has 7 nitrogen and oxygen atoms in total. The highest BCUT2D eigenvalue weighted by Gasteiger charge is 2.15. The third kappa shape index (κ3) is 4.25. The molecule has 0 amide bonds. The van der Waals surface area contributed by atoms with Gasteiger partial charge in [0, 0.05) is 11.1 Å². The predicted octanol–water partition coefficient (Wildman–Crippen LogP) is 4.29. The molecule has 0 saturated heterocycles. The van der Waals surface area contributed by atoms with Crippen LogP contribution in [0.25, 0.3) is 22.4 Å². The summed E-state index contributed by atoms with van der Waals surface area (Å²) >= 11 is 0. The number of carbonyl (C=O) groups excluding carboxylic acids is 2. The number of imidazole rings is 1. The van der Waals surface area contributed by atoms with E-state index in [-0.39, 0.29) is 12.4 Å². The molecule has 0 bridgehead atoms. The van der Waals surface area contributed by atoms with E-state index < -0.39 is 5.97 Å². The minimum atomic E-state index is -0.591. The van der Waals surface area contributed by atoms with Crippen LogP contribution in [0.1, 0.15) is 20.7 Å². The molecule has 4 aromatic rings. The minimum Gasteiger partial charge on any atom is -0.493 e. The van der Waals surface area contributed by atoms with Gasteiger partial charge in [0.1, 0.15) is 5.82 Å². The van der Waals surface area contributed by atoms with Crippen LogP contribution in [0.2, 0.25) is 0 Å². The molecule has 0 atom stereocenters. The first-order valence-electron chi connectivity index (χ1n) is 9.56. The Morgan fingerprint density at radius 1 is 0.871 bits per heavy atom. The lowest BCUT2D eigenvalue weighted by Gasteiger charge is -2.09. The Morgan fingerprint density at radius 2 is 1.61 bits per heavy atom. The van der Waals surface area contributed by atoms with Crippen LogP contribution in [-0.2, 0) is 4.74 Å². The number of aromatic nitrogens is 2. The summed E-state index contributed by atoms with van der Waals surface area (Å²) in [5.41, 5.74) is 3.08. The van der Waals surface area contributed by atoms with E-state index in [1.54, 1.807) is 36.4 Å². The Bertz CT molecular complexity index is 1250. The van der Waals surface area contributed by atoms with Crippen molar-refractivity contribution in [2.24, 2.45) is 0 Å². The number of benzene rings is 3. The molecule has 0 radical (unpaired) electrons. The number of nitrogens with zero attached hydrogens (tertiary/aromatic N) is 1. The first-order valence-corrected chi connectivity index (χ1v) is 9.56. The molecule has 1 aromatic heterocycles. The number of methoxy groups -OCH3 is 2. The first-order chi connectivity index (χ1) is 15.1. The van der Waals surface area contributed by atoms with Crippen LogP contribution < -0.4 is 9.47 Å². The van der Waals surface area contributed by atoms with Crippen molar-refractivity contribution in [1.82, 2.24) is 9.97 Å². The number of fused-ring (bicyclic) bond motifs is 1. The van der Waals surface area contributed by atoms with Crippen molar-refractivity contribution >= 4 is 22.8 Å². The maximum Gasteiger partial charge on any atom is 0.338 e. The monoisotopic (exact) mass is 416 g/mol. The molecule has 0 aliphatic rings. The van der Waals surface area contributed by atoms with Gasteiger partial charge in [-0.25, -0.2) is 9.78 Å². The number of nitrogens with one attached hydrogen (secondary N) is 1. The smallest absolute Gasteiger partial charge is 0.338 e.